The number of anilines is 1. The molecule has 1 atom stereocenters. The van der Waals surface area contributed by atoms with Gasteiger partial charge in [-0.25, -0.2) is 0 Å². The molecule has 3 aromatic carbocycles. The maximum atomic E-state index is 13.3. The molecule has 4 rings (SSSR count). The van der Waals surface area contributed by atoms with Crippen molar-refractivity contribution in [2.45, 2.75) is 33.7 Å². The van der Waals surface area contributed by atoms with E-state index in [1.165, 1.54) is 4.90 Å². The molecule has 1 aliphatic heterocycles. The van der Waals surface area contributed by atoms with Gasteiger partial charge in [-0.05, 0) is 61.2 Å². The number of carbonyl (C=O) groups is 2. The molecule has 1 aliphatic rings. The second-order valence-electron chi connectivity index (χ2n) is 9.10. The van der Waals surface area contributed by atoms with Crippen molar-refractivity contribution >= 4 is 23.1 Å². The first-order chi connectivity index (χ1) is 16.3. The Morgan fingerprint density at radius 3 is 2.35 bits per heavy atom. The third-order valence-corrected chi connectivity index (χ3v) is 5.86. The largest absolute Gasteiger partial charge is 0.507 e. The van der Waals surface area contributed by atoms with Crippen LogP contribution in [0.4, 0.5) is 5.69 Å². The Morgan fingerprint density at radius 2 is 1.71 bits per heavy atom. The summed E-state index contributed by atoms with van der Waals surface area (Å²) >= 11 is 0. The number of aryl methyl sites for hydroxylation is 2. The Morgan fingerprint density at radius 1 is 0.971 bits per heavy atom. The van der Waals surface area contributed by atoms with Crippen LogP contribution in [0.25, 0.3) is 5.76 Å². The van der Waals surface area contributed by atoms with Crippen molar-refractivity contribution in [3.63, 3.8) is 0 Å². The van der Waals surface area contributed by atoms with E-state index < -0.39 is 17.7 Å². The lowest BCUT2D eigenvalue weighted by Crippen LogP contribution is -2.29. The van der Waals surface area contributed by atoms with Crippen LogP contribution in [0.2, 0.25) is 0 Å². The second kappa shape index (κ2) is 9.56. The Bertz CT molecular complexity index is 1260. The van der Waals surface area contributed by atoms with Crippen molar-refractivity contribution in [1.29, 1.82) is 0 Å². The molecule has 5 heteroatoms. The highest BCUT2D eigenvalue weighted by atomic mass is 16.5. The first-order valence-electron chi connectivity index (χ1n) is 11.4. The minimum Gasteiger partial charge on any atom is -0.507 e. The number of carbonyl (C=O) groups excluding carboxylic acids is 2. The molecule has 1 saturated heterocycles. The summed E-state index contributed by atoms with van der Waals surface area (Å²) in [5.74, 6) is -0.443. The summed E-state index contributed by atoms with van der Waals surface area (Å²) in [6, 6.07) is 21.3. The van der Waals surface area contributed by atoms with Gasteiger partial charge in [0.15, 0.2) is 0 Å². The number of aliphatic hydroxyl groups is 1. The predicted octanol–water partition coefficient (Wildman–Crippen LogP) is 5.96. The SMILES string of the molecule is Cc1cccc(C2/C(=C(/O)c3ccc(OCC(C)C)c(C)c3)C(=O)C(=O)N2c2ccccc2)c1. The number of ketones is 1. The van der Waals surface area contributed by atoms with E-state index >= 15 is 0 Å². The fourth-order valence-electron chi connectivity index (χ4n) is 4.21. The van der Waals surface area contributed by atoms with Gasteiger partial charge in [0.05, 0.1) is 18.2 Å². The minimum absolute atomic E-state index is 0.0784. The van der Waals surface area contributed by atoms with Crippen molar-refractivity contribution in [2.75, 3.05) is 11.5 Å². The number of ether oxygens (including phenoxy) is 1. The Balaban J connectivity index is 1.85. The lowest BCUT2D eigenvalue weighted by atomic mass is 9.94. The second-order valence-corrected chi connectivity index (χ2v) is 9.10. The maximum absolute atomic E-state index is 13.3. The van der Waals surface area contributed by atoms with E-state index in [2.05, 4.69) is 13.8 Å². The van der Waals surface area contributed by atoms with Gasteiger partial charge in [-0.3, -0.25) is 14.5 Å². The van der Waals surface area contributed by atoms with E-state index in [4.69, 9.17) is 4.74 Å². The smallest absolute Gasteiger partial charge is 0.300 e. The van der Waals surface area contributed by atoms with Crippen LogP contribution in [0.5, 0.6) is 5.75 Å². The van der Waals surface area contributed by atoms with E-state index in [9.17, 15) is 14.7 Å². The number of hydrogen-bond donors (Lipinski definition) is 1. The molecule has 1 heterocycles. The van der Waals surface area contributed by atoms with Crippen LogP contribution in [0.15, 0.2) is 78.4 Å². The predicted molar refractivity (Wildman–Crippen MR) is 134 cm³/mol. The highest BCUT2D eigenvalue weighted by Crippen LogP contribution is 2.42. The standard InChI is InChI=1S/C29H29NO4/c1-18(2)17-34-24-14-13-22(16-20(24)4)27(31)25-26(21-10-8-9-19(3)15-21)30(29(33)28(25)32)23-11-6-5-7-12-23/h5-16,18,26,31H,17H2,1-4H3/b27-25-. The zero-order valence-electron chi connectivity index (χ0n) is 19.9. The molecule has 0 aliphatic carbocycles. The summed E-state index contributed by atoms with van der Waals surface area (Å²) in [7, 11) is 0. The van der Waals surface area contributed by atoms with Crippen molar-refractivity contribution in [3.05, 3.63) is 101 Å². The molecule has 0 saturated carbocycles. The summed E-state index contributed by atoms with van der Waals surface area (Å²) in [6.07, 6.45) is 0. The molecule has 1 unspecified atom stereocenters. The number of hydrogen-bond acceptors (Lipinski definition) is 4. The van der Waals surface area contributed by atoms with Crippen LogP contribution < -0.4 is 9.64 Å². The number of amides is 1. The summed E-state index contributed by atoms with van der Waals surface area (Å²) in [4.78, 5) is 27.9. The molecular formula is C29H29NO4. The summed E-state index contributed by atoms with van der Waals surface area (Å²) in [5.41, 5.74) is 3.75. The lowest BCUT2D eigenvalue weighted by molar-refractivity contribution is -0.132. The molecule has 1 N–H and O–H groups in total. The molecule has 0 spiro atoms. The molecule has 0 radical (unpaired) electrons. The molecule has 174 valence electrons. The van der Waals surface area contributed by atoms with Gasteiger partial charge in [0.1, 0.15) is 11.5 Å². The summed E-state index contributed by atoms with van der Waals surface area (Å²) in [6.45, 7) is 8.59. The fraction of sp³-hybridized carbons (Fsp3) is 0.241. The number of para-hydroxylation sites is 1. The van der Waals surface area contributed by atoms with Crippen molar-refractivity contribution in [3.8, 4) is 5.75 Å². The van der Waals surface area contributed by atoms with Crippen LogP contribution in [0.1, 0.15) is 42.1 Å². The maximum Gasteiger partial charge on any atom is 0.300 e. The number of nitrogens with zero attached hydrogens (tertiary/aromatic N) is 1. The third kappa shape index (κ3) is 4.46. The highest BCUT2D eigenvalue weighted by molar-refractivity contribution is 6.51. The molecular weight excluding hydrogens is 426 g/mol. The molecule has 1 fully saturated rings. The van der Waals surface area contributed by atoms with Crippen LogP contribution in [-0.4, -0.2) is 23.4 Å². The van der Waals surface area contributed by atoms with E-state index in [0.29, 0.717) is 23.8 Å². The number of rotatable bonds is 6. The fourth-order valence-corrected chi connectivity index (χ4v) is 4.21. The number of Topliss-reactive ketones (excluding diaryl/α,β-unsaturated/α-hetero) is 1. The minimum atomic E-state index is -0.737. The molecule has 34 heavy (non-hydrogen) atoms. The molecule has 5 nitrogen and oxygen atoms in total. The summed E-state index contributed by atoms with van der Waals surface area (Å²) < 4.78 is 5.85. The third-order valence-electron chi connectivity index (χ3n) is 5.86. The van der Waals surface area contributed by atoms with Gasteiger partial charge < -0.3 is 9.84 Å². The van der Waals surface area contributed by atoms with Crippen LogP contribution in [-0.2, 0) is 9.59 Å². The van der Waals surface area contributed by atoms with Gasteiger partial charge in [0.2, 0.25) is 0 Å². The zero-order valence-corrected chi connectivity index (χ0v) is 19.9. The van der Waals surface area contributed by atoms with Gasteiger partial charge in [-0.1, -0.05) is 61.9 Å². The molecule has 3 aromatic rings. The van der Waals surface area contributed by atoms with Crippen LogP contribution in [0.3, 0.4) is 0 Å². The highest BCUT2D eigenvalue weighted by Gasteiger charge is 2.46. The van der Waals surface area contributed by atoms with Crippen LogP contribution >= 0.6 is 0 Å². The lowest BCUT2D eigenvalue weighted by Gasteiger charge is -2.25. The van der Waals surface area contributed by atoms with Crippen molar-refractivity contribution in [1.82, 2.24) is 0 Å². The van der Waals surface area contributed by atoms with Crippen molar-refractivity contribution < 1.29 is 19.4 Å². The van der Waals surface area contributed by atoms with Crippen LogP contribution in [0, 0.1) is 19.8 Å². The molecule has 0 bridgehead atoms. The quantitative estimate of drug-likeness (QED) is 0.283. The zero-order chi connectivity index (χ0) is 24.4. The van der Waals surface area contributed by atoms with Gasteiger partial charge in [0.25, 0.3) is 11.7 Å². The first kappa shape index (κ1) is 23.3. The van der Waals surface area contributed by atoms with E-state index in [0.717, 1.165) is 22.4 Å². The van der Waals surface area contributed by atoms with Gasteiger partial charge in [0, 0.05) is 11.3 Å². The van der Waals surface area contributed by atoms with Crippen molar-refractivity contribution in [2.24, 2.45) is 5.92 Å². The molecule has 1 amide bonds. The first-order valence-corrected chi connectivity index (χ1v) is 11.4. The Labute approximate surface area is 200 Å². The van der Waals surface area contributed by atoms with Gasteiger partial charge >= 0.3 is 0 Å². The normalized spacial score (nSPS) is 17.4. The Hall–Kier alpha value is -3.86. The average molecular weight is 456 g/mol. The average Bonchev–Trinajstić information content (AvgIpc) is 3.08. The van der Waals surface area contributed by atoms with E-state index in [1.807, 2.05) is 56.3 Å². The number of aliphatic hydroxyl groups excluding tert-OH is 1. The monoisotopic (exact) mass is 455 g/mol. The summed E-state index contributed by atoms with van der Waals surface area (Å²) in [5, 5.41) is 11.3. The molecule has 0 aromatic heterocycles. The number of benzene rings is 3. The van der Waals surface area contributed by atoms with Gasteiger partial charge in [-0.2, -0.15) is 0 Å². The van der Waals surface area contributed by atoms with E-state index in [1.54, 1.807) is 30.3 Å². The topological polar surface area (TPSA) is 66.8 Å². The Kier molecular flexibility index (Phi) is 6.55. The van der Waals surface area contributed by atoms with Gasteiger partial charge in [-0.15, -0.1) is 0 Å². The van der Waals surface area contributed by atoms with E-state index in [-0.39, 0.29) is 11.3 Å².